The van der Waals surface area contributed by atoms with Gasteiger partial charge >= 0.3 is 0 Å². The largest absolute Gasteiger partial charge is 0.292 e. The molecule has 1 heterocycles. The summed E-state index contributed by atoms with van der Waals surface area (Å²) in [6, 6.07) is 10.8. The number of pyridine rings is 1. The standard InChI is InChI=1S/C15H11FN2O/c1-2-15(19)14-8-10(9-17)7-13(18-14)11-3-5-12(16)6-4-11/h3-8H,2H2,1H3. The van der Waals surface area contributed by atoms with Gasteiger partial charge in [-0.05, 0) is 36.4 Å². The van der Waals surface area contributed by atoms with Crippen molar-refractivity contribution in [1.29, 1.82) is 5.26 Å². The van der Waals surface area contributed by atoms with Crippen LogP contribution in [0.2, 0.25) is 0 Å². The number of aromatic nitrogens is 1. The van der Waals surface area contributed by atoms with Crippen molar-refractivity contribution >= 4 is 5.78 Å². The van der Waals surface area contributed by atoms with Gasteiger partial charge < -0.3 is 0 Å². The third-order valence-electron chi connectivity index (χ3n) is 2.70. The van der Waals surface area contributed by atoms with Gasteiger partial charge in [0.2, 0.25) is 0 Å². The van der Waals surface area contributed by atoms with Crippen LogP contribution in [0.4, 0.5) is 4.39 Å². The molecule has 0 bridgehead atoms. The van der Waals surface area contributed by atoms with Crippen molar-refractivity contribution in [3.8, 4) is 17.3 Å². The van der Waals surface area contributed by atoms with Gasteiger partial charge in [0.05, 0.1) is 17.3 Å². The quantitative estimate of drug-likeness (QED) is 0.789. The van der Waals surface area contributed by atoms with Crippen LogP contribution in [0.25, 0.3) is 11.3 Å². The second-order valence-corrected chi connectivity index (χ2v) is 4.02. The van der Waals surface area contributed by atoms with E-state index in [-0.39, 0.29) is 17.3 Å². The Hall–Kier alpha value is -2.54. The molecule has 94 valence electrons. The molecule has 0 aliphatic heterocycles. The number of hydrogen-bond acceptors (Lipinski definition) is 3. The maximum atomic E-state index is 12.9. The second kappa shape index (κ2) is 5.40. The predicted molar refractivity (Wildman–Crippen MR) is 69.0 cm³/mol. The summed E-state index contributed by atoms with van der Waals surface area (Å²) < 4.78 is 12.9. The van der Waals surface area contributed by atoms with Gasteiger partial charge in [-0.1, -0.05) is 6.92 Å². The van der Waals surface area contributed by atoms with Crippen molar-refractivity contribution in [2.45, 2.75) is 13.3 Å². The molecule has 0 saturated heterocycles. The molecule has 1 aromatic carbocycles. The molecule has 1 aromatic heterocycles. The molecule has 0 atom stereocenters. The Kier molecular flexibility index (Phi) is 3.67. The van der Waals surface area contributed by atoms with Crippen LogP contribution in [-0.4, -0.2) is 10.8 Å². The number of nitriles is 1. The normalized spacial score (nSPS) is 9.95. The minimum atomic E-state index is -0.343. The van der Waals surface area contributed by atoms with Gasteiger partial charge in [0.25, 0.3) is 0 Å². The van der Waals surface area contributed by atoms with E-state index in [1.165, 1.54) is 18.2 Å². The van der Waals surface area contributed by atoms with E-state index in [0.29, 0.717) is 23.2 Å². The number of nitrogens with zero attached hydrogens (tertiary/aromatic N) is 2. The smallest absolute Gasteiger partial charge is 0.180 e. The molecule has 0 spiro atoms. The first-order valence-electron chi connectivity index (χ1n) is 5.85. The first-order chi connectivity index (χ1) is 9.13. The van der Waals surface area contributed by atoms with E-state index < -0.39 is 0 Å². The maximum Gasteiger partial charge on any atom is 0.180 e. The fourth-order valence-corrected chi connectivity index (χ4v) is 1.69. The number of rotatable bonds is 3. The lowest BCUT2D eigenvalue weighted by Gasteiger charge is -2.04. The van der Waals surface area contributed by atoms with Crippen molar-refractivity contribution in [3.05, 3.63) is 53.5 Å². The fourth-order valence-electron chi connectivity index (χ4n) is 1.69. The Bertz CT molecular complexity index is 657. The highest BCUT2D eigenvalue weighted by atomic mass is 19.1. The summed E-state index contributed by atoms with van der Waals surface area (Å²) in [5.74, 6) is -0.467. The molecule has 0 aliphatic rings. The highest BCUT2D eigenvalue weighted by Crippen LogP contribution is 2.20. The first-order valence-corrected chi connectivity index (χ1v) is 5.85. The Labute approximate surface area is 110 Å². The Morgan fingerprint density at radius 3 is 2.58 bits per heavy atom. The highest BCUT2D eigenvalue weighted by Gasteiger charge is 2.10. The SMILES string of the molecule is CCC(=O)c1cc(C#N)cc(-c2ccc(F)cc2)n1. The number of hydrogen-bond donors (Lipinski definition) is 0. The molecule has 0 saturated carbocycles. The molecular weight excluding hydrogens is 243 g/mol. The van der Waals surface area contributed by atoms with E-state index in [1.54, 1.807) is 25.1 Å². The molecule has 2 aromatic rings. The molecule has 0 unspecified atom stereocenters. The van der Waals surface area contributed by atoms with E-state index in [2.05, 4.69) is 4.98 Å². The molecule has 2 rings (SSSR count). The van der Waals surface area contributed by atoms with Gasteiger partial charge in [-0.15, -0.1) is 0 Å². The summed E-state index contributed by atoms with van der Waals surface area (Å²) >= 11 is 0. The topological polar surface area (TPSA) is 53.8 Å². The second-order valence-electron chi connectivity index (χ2n) is 4.02. The molecule has 4 heteroatoms. The summed E-state index contributed by atoms with van der Waals surface area (Å²) in [5.41, 5.74) is 1.80. The lowest BCUT2D eigenvalue weighted by molar-refractivity contribution is 0.0983. The van der Waals surface area contributed by atoms with Gasteiger partial charge in [0.1, 0.15) is 11.5 Å². The van der Waals surface area contributed by atoms with Gasteiger partial charge in [0.15, 0.2) is 5.78 Å². The Balaban J connectivity index is 2.54. The number of Topliss-reactive ketones (excluding diaryl/α,β-unsaturated/α-hetero) is 1. The average Bonchev–Trinajstić information content (AvgIpc) is 2.46. The minimum Gasteiger partial charge on any atom is -0.292 e. The summed E-state index contributed by atoms with van der Waals surface area (Å²) in [7, 11) is 0. The summed E-state index contributed by atoms with van der Waals surface area (Å²) in [5, 5.41) is 8.98. The van der Waals surface area contributed by atoms with Gasteiger partial charge in [-0.3, -0.25) is 4.79 Å². The lowest BCUT2D eigenvalue weighted by Crippen LogP contribution is -2.02. The van der Waals surface area contributed by atoms with Crippen LogP contribution in [0.3, 0.4) is 0 Å². The van der Waals surface area contributed by atoms with Crippen molar-refractivity contribution < 1.29 is 9.18 Å². The Morgan fingerprint density at radius 1 is 1.32 bits per heavy atom. The highest BCUT2D eigenvalue weighted by molar-refractivity contribution is 5.94. The average molecular weight is 254 g/mol. The number of ketones is 1. The fraction of sp³-hybridized carbons (Fsp3) is 0.133. The molecule has 3 nitrogen and oxygen atoms in total. The van der Waals surface area contributed by atoms with E-state index in [0.717, 1.165) is 0 Å². The number of benzene rings is 1. The van der Waals surface area contributed by atoms with Gasteiger partial charge in [-0.2, -0.15) is 5.26 Å². The molecule has 0 N–H and O–H groups in total. The first kappa shape index (κ1) is 12.9. The lowest BCUT2D eigenvalue weighted by atomic mass is 10.1. The molecule has 0 fully saturated rings. The third kappa shape index (κ3) is 2.83. The van der Waals surface area contributed by atoms with E-state index in [9.17, 15) is 9.18 Å². The zero-order chi connectivity index (χ0) is 13.8. The van der Waals surface area contributed by atoms with Gasteiger partial charge in [-0.25, -0.2) is 9.37 Å². The van der Waals surface area contributed by atoms with Crippen molar-refractivity contribution in [2.24, 2.45) is 0 Å². The van der Waals surface area contributed by atoms with Crippen LogP contribution in [0.1, 0.15) is 29.4 Å². The Morgan fingerprint density at radius 2 is 2.00 bits per heavy atom. The zero-order valence-electron chi connectivity index (χ0n) is 10.4. The number of halogens is 1. The number of carbonyl (C=O) groups excluding carboxylic acids is 1. The molecular formula is C15H11FN2O. The monoisotopic (exact) mass is 254 g/mol. The van der Waals surface area contributed by atoms with Crippen LogP contribution in [0, 0.1) is 17.1 Å². The van der Waals surface area contributed by atoms with Crippen molar-refractivity contribution in [1.82, 2.24) is 4.98 Å². The van der Waals surface area contributed by atoms with Crippen LogP contribution in [0.15, 0.2) is 36.4 Å². The van der Waals surface area contributed by atoms with Crippen LogP contribution >= 0.6 is 0 Å². The van der Waals surface area contributed by atoms with Crippen LogP contribution in [0.5, 0.6) is 0 Å². The summed E-state index contributed by atoms with van der Waals surface area (Å²) in [4.78, 5) is 15.9. The van der Waals surface area contributed by atoms with E-state index in [4.69, 9.17) is 5.26 Å². The van der Waals surface area contributed by atoms with Crippen LogP contribution in [-0.2, 0) is 0 Å². The van der Waals surface area contributed by atoms with E-state index in [1.807, 2.05) is 6.07 Å². The van der Waals surface area contributed by atoms with Crippen molar-refractivity contribution in [2.75, 3.05) is 0 Å². The molecule has 0 radical (unpaired) electrons. The van der Waals surface area contributed by atoms with Gasteiger partial charge in [0, 0.05) is 12.0 Å². The molecule has 19 heavy (non-hydrogen) atoms. The number of carbonyl (C=O) groups is 1. The molecule has 0 amide bonds. The third-order valence-corrected chi connectivity index (χ3v) is 2.70. The maximum absolute atomic E-state index is 12.9. The summed E-state index contributed by atoms with van der Waals surface area (Å²) in [6.07, 6.45) is 0.324. The van der Waals surface area contributed by atoms with Crippen LogP contribution < -0.4 is 0 Å². The molecule has 0 aliphatic carbocycles. The predicted octanol–water partition coefficient (Wildman–Crippen LogP) is 3.35. The zero-order valence-corrected chi connectivity index (χ0v) is 10.4. The minimum absolute atomic E-state index is 0.125. The van der Waals surface area contributed by atoms with Crippen molar-refractivity contribution in [3.63, 3.8) is 0 Å². The van der Waals surface area contributed by atoms with E-state index >= 15 is 0 Å². The summed E-state index contributed by atoms with van der Waals surface area (Å²) in [6.45, 7) is 1.74.